The van der Waals surface area contributed by atoms with Gasteiger partial charge in [0.25, 0.3) is 0 Å². The summed E-state index contributed by atoms with van der Waals surface area (Å²) < 4.78 is 5.48. The monoisotopic (exact) mass is 250 g/mol. The molecule has 0 radical (unpaired) electrons. The van der Waals surface area contributed by atoms with E-state index in [0.717, 1.165) is 31.8 Å². The second kappa shape index (κ2) is 5.01. The highest BCUT2D eigenvalue weighted by Crippen LogP contribution is 2.43. The maximum atomic E-state index is 10.5. The molecule has 0 amide bonds. The predicted molar refractivity (Wildman–Crippen MR) is 69.5 cm³/mol. The normalized spacial score (nSPS) is 29.9. The minimum absolute atomic E-state index is 0.244. The SMILES string of the molecule is OC(C1CCCOC1)C1CSc2ccccc21. The Morgan fingerprint density at radius 3 is 3.06 bits per heavy atom. The molecule has 2 heterocycles. The maximum Gasteiger partial charge on any atom is 0.0667 e. The van der Waals surface area contributed by atoms with Crippen molar-refractivity contribution in [2.75, 3.05) is 19.0 Å². The standard InChI is InChI=1S/C14H18O2S/c15-14(10-4-3-7-16-8-10)12-9-17-13-6-2-1-5-11(12)13/h1-2,5-6,10,12,14-15H,3-4,7-9H2. The third-order valence-electron chi connectivity index (χ3n) is 3.83. The van der Waals surface area contributed by atoms with Gasteiger partial charge in [-0.15, -0.1) is 11.8 Å². The van der Waals surface area contributed by atoms with Crippen LogP contribution in [-0.4, -0.2) is 30.2 Å². The van der Waals surface area contributed by atoms with E-state index in [2.05, 4.69) is 24.3 Å². The lowest BCUT2D eigenvalue weighted by atomic mass is 9.84. The van der Waals surface area contributed by atoms with Crippen molar-refractivity contribution in [1.29, 1.82) is 0 Å². The van der Waals surface area contributed by atoms with E-state index in [1.54, 1.807) is 0 Å². The summed E-state index contributed by atoms with van der Waals surface area (Å²) >= 11 is 1.87. The Bertz CT molecular complexity index is 388. The van der Waals surface area contributed by atoms with Crippen LogP contribution in [0.1, 0.15) is 24.3 Å². The van der Waals surface area contributed by atoms with Gasteiger partial charge in [-0.25, -0.2) is 0 Å². The van der Waals surface area contributed by atoms with E-state index in [1.165, 1.54) is 10.5 Å². The summed E-state index contributed by atoms with van der Waals surface area (Å²) in [5.41, 5.74) is 1.33. The van der Waals surface area contributed by atoms with Crippen LogP contribution in [-0.2, 0) is 4.74 Å². The highest BCUT2D eigenvalue weighted by atomic mass is 32.2. The van der Waals surface area contributed by atoms with Crippen molar-refractivity contribution in [2.45, 2.75) is 29.8 Å². The first-order valence-corrected chi connectivity index (χ1v) is 7.32. The molecule has 92 valence electrons. The molecule has 1 N–H and O–H groups in total. The zero-order chi connectivity index (χ0) is 11.7. The Balaban J connectivity index is 1.76. The first kappa shape index (κ1) is 11.6. The Morgan fingerprint density at radius 2 is 2.24 bits per heavy atom. The van der Waals surface area contributed by atoms with Gasteiger partial charge in [0.1, 0.15) is 0 Å². The fourth-order valence-corrected chi connectivity index (χ4v) is 4.13. The first-order chi connectivity index (χ1) is 8.36. The van der Waals surface area contributed by atoms with Gasteiger partial charge in [-0.2, -0.15) is 0 Å². The Hall–Kier alpha value is -0.510. The van der Waals surface area contributed by atoms with Crippen LogP contribution >= 0.6 is 11.8 Å². The molecule has 2 nitrogen and oxygen atoms in total. The molecular formula is C14H18O2S. The molecule has 17 heavy (non-hydrogen) atoms. The average molecular weight is 250 g/mol. The van der Waals surface area contributed by atoms with Crippen LogP contribution in [0.3, 0.4) is 0 Å². The maximum absolute atomic E-state index is 10.5. The van der Waals surface area contributed by atoms with Crippen LogP contribution in [0.25, 0.3) is 0 Å². The number of hydrogen-bond donors (Lipinski definition) is 1. The molecule has 1 saturated heterocycles. The second-order valence-corrected chi connectivity index (χ2v) is 5.98. The molecule has 1 aromatic carbocycles. The van der Waals surface area contributed by atoms with E-state index in [1.807, 2.05) is 11.8 Å². The molecule has 2 aliphatic rings. The molecule has 0 spiro atoms. The zero-order valence-corrected chi connectivity index (χ0v) is 10.7. The summed E-state index contributed by atoms with van der Waals surface area (Å²) in [6, 6.07) is 8.46. The summed E-state index contributed by atoms with van der Waals surface area (Å²) in [4.78, 5) is 1.34. The molecule has 3 rings (SSSR count). The number of rotatable bonds is 2. The van der Waals surface area contributed by atoms with Crippen LogP contribution in [0.15, 0.2) is 29.2 Å². The highest BCUT2D eigenvalue weighted by Gasteiger charge is 2.34. The summed E-state index contributed by atoms with van der Waals surface area (Å²) in [5, 5.41) is 10.5. The minimum atomic E-state index is -0.244. The number of benzene rings is 1. The van der Waals surface area contributed by atoms with Gasteiger partial charge in [-0.1, -0.05) is 18.2 Å². The van der Waals surface area contributed by atoms with Crippen LogP contribution in [0, 0.1) is 5.92 Å². The molecule has 3 heteroatoms. The van der Waals surface area contributed by atoms with E-state index in [-0.39, 0.29) is 6.10 Å². The molecule has 3 atom stereocenters. The van der Waals surface area contributed by atoms with Gasteiger partial charge in [0.05, 0.1) is 12.7 Å². The van der Waals surface area contributed by atoms with Crippen LogP contribution in [0.5, 0.6) is 0 Å². The highest BCUT2D eigenvalue weighted by molar-refractivity contribution is 7.99. The lowest BCUT2D eigenvalue weighted by molar-refractivity contribution is -0.0166. The van der Waals surface area contributed by atoms with Crippen molar-refractivity contribution in [3.8, 4) is 0 Å². The van der Waals surface area contributed by atoms with Gasteiger partial charge in [0.15, 0.2) is 0 Å². The zero-order valence-electron chi connectivity index (χ0n) is 9.84. The Kier molecular flexibility index (Phi) is 3.41. The summed E-state index contributed by atoms with van der Waals surface area (Å²) in [6.07, 6.45) is 1.94. The molecule has 0 aliphatic carbocycles. The lowest BCUT2D eigenvalue weighted by Gasteiger charge is -2.30. The molecule has 2 aliphatic heterocycles. The van der Waals surface area contributed by atoms with E-state index in [4.69, 9.17) is 4.74 Å². The number of aliphatic hydroxyl groups is 1. The van der Waals surface area contributed by atoms with Gasteiger partial charge >= 0.3 is 0 Å². The number of hydrogen-bond acceptors (Lipinski definition) is 3. The fraction of sp³-hybridized carbons (Fsp3) is 0.571. The van der Waals surface area contributed by atoms with Crippen molar-refractivity contribution < 1.29 is 9.84 Å². The van der Waals surface area contributed by atoms with Gasteiger partial charge in [-0.3, -0.25) is 0 Å². The van der Waals surface area contributed by atoms with Crippen molar-refractivity contribution in [3.63, 3.8) is 0 Å². The topological polar surface area (TPSA) is 29.5 Å². The van der Waals surface area contributed by atoms with Gasteiger partial charge in [0, 0.05) is 29.1 Å². The second-order valence-electron chi connectivity index (χ2n) is 4.92. The van der Waals surface area contributed by atoms with Gasteiger partial charge < -0.3 is 9.84 Å². The fourth-order valence-electron chi connectivity index (χ4n) is 2.83. The molecule has 0 bridgehead atoms. The number of fused-ring (bicyclic) bond motifs is 1. The van der Waals surface area contributed by atoms with Gasteiger partial charge in [0.2, 0.25) is 0 Å². The van der Waals surface area contributed by atoms with E-state index < -0.39 is 0 Å². The Labute approximate surface area is 106 Å². The van der Waals surface area contributed by atoms with Crippen molar-refractivity contribution in [3.05, 3.63) is 29.8 Å². The largest absolute Gasteiger partial charge is 0.392 e. The number of ether oxygens (including phenoxy) is 1. The van der Waals surface area contributed by atoms with Gasteiger partial charge in [-0.05, 0) is 24.5 Å². The minimum Gasteiger partial charge on any atom is -0.392 e. The smallest absolute Gasteiger partial charge is 0.0667 e. The van der Waals surface area contributed by atoms with E-state index in [9.17, 15) is 5.11 Å². The predicted octanol–water partition coefficient (Wildman–Crippen LogP) is 2.66. The van der Waals surface area contributed by atoms with E-state index in [0.29, 0.717) is 11.8 Å². The lowest BCUT2D eigenvalue weighted by Crippen LogP contribution is -2.33. The first-order valence-electron chi connectivity index (χ1n) is 6.34. The third-order valence-corrected chi connectivity index (χ3v) is 5.04. The molecule has 1 aromatic rings. The third kappa shape index (κ3) is 2.24. The molecule has 0 saturated carbocycles. The average Bonchev–Trinajstić information content (AvgIpc) is 2.83. The van der Waals surface area contributed by atoms with Crippen molar-refractivity contribution in [2.24, 2.45) is 5.92 Å². The summed E-state index contributed by atoms with van der Waals surface area (Å²) in [5.74, 6) is 1.63. The van der Waals surface area contributed by atoms with Crippen molar-refractivity contribution >= 4 is 11.8 Å². The molecule has 3 unspecified atom stereocenters. The van der Waals surface area contributed by atoms with Crippen LogP contribution in [0.4, 0.5) is 0 Å². The number of thioether (sulfide) groups is 1. The summed E-state index contributed by atoms with van der Waals surface area (Å²) in [7, 11) is 0. The molecule has 0 aromatic heterocycles. The van der Waals surface area contributed by atoms with Crippen LogP contribution in [0.2, 0.25) is 0 Å². The quantitative estimate of drug-likeness (QED) is 0.875. The Morgan fingerprint density at radius 1 is 1.35 bits per heavy atom. The van der Waals surface area contributed by atoms with Crippen LogP contribution < -0.4 is 0 Å². The molecular weight excluding hydrogens is 232 g/mol. The summed E-state index contributed by atoms with van der Waals surface area (Å²) in [6.45, 7) is 1.59. The van der Waals surface area contributed by atoms with E-state index >= 15 is 0 Å². The van der Waals surface area contributed by atoms with Crippen molar-refractivity contribution in [1.82, 2.24) is 0 Å². The number of aliphatic hydroxyl groups excluding tert-OH is 1. The molecule has 1 fully saturated rings.